The number of carbonyl (C=O) groups excluding carboxylic acids is 2. The lowest BCUT2D eigenvalue weighted by molar-refractivity contribution is -0.209. The molecule has 3 rings (SSSR count). The van der Waals surface area contributed by atoms with Crippen molar-refractivity contribution in [3.63, 3.8) is 0 Å². The maximum atomic E-state index is 13.4. The second-order valence-electron chi connectivity index (χ2n) is 6.17. The SMILES string of the molecule is COC(=O)C1COCC1NC(=O)C1(OC)CC(c2cc(F)cc(F)c2)=NO1. The van der Waals surface area contributed by atoms with E-state index in [-0.39, 0.29) is 30.9 Å². The van der Waals surface area contributed by atoms with Crippen LogP contribution in [0.4, 0.5) is 8.78 Å². The maximum absolute atomic E-state index is 13.4. The first-order chi connectivity index (χ1) is 12.9. The Morgan fingerprint density at radius 3 is 2.56 bits per heavy atom. The van der Waals surface area contributed by atoms with Gasteiger partial charge in [0, 0.05) is 18.7 Å². The highest BCUT2D eigenvalue weighted by atomic mass is 19.1. The Hall–Kier alpha value is -2.59. The number of hydrogen-bond acceptors (Lipinski definition) is 7. The number of benzene rings is 1. The number of nitrogens with zero attached hydrogens (tertiary/aromatic N) is 1. The van der Waals surface area contributed by atoms with Crippen LogP contribution < -0.4 is 5.32 Å². The first-order valence-corrected chi connectivity index (χ1v) is 8.11. The smallest absolute Gasteiger partial charge is 0.321 e. The summed E-state index contributed by atoms with van der Waals surface area (Å²) < 4.78 is 42.0. The highest BCUT2D eigenvalue weighted by molar-refractivity contribution is 6.05. The highest BCUT2D eigenvalue weighted by Crippen LogP contribution is 2.29. The fourth-order valence-corrected chi connectivity index (χ4v) is 2.97. The van der Waals surface area contributed by atoms with Gasteiger partial charge in [-0.15, -0.1) is 0 Å². The first kappa shape index (κ1) is 19.2. The van der Waals surface area contributed by atoms with Crippen LogP contribution in [0.15, 0.2) is 23.4 Å². The van der Waals surface area contributed by atoms with Gasteiger partial charge < -0.3 is 24.4 Å². The fourth-order valence-electron chi connectivity index (χ4n) is 2.97. The Kier molecular flexibility index (Phi) is 5.38. The van der Waals surface area contributed by atoms with Gasteiger partial charge in [-0.3, -0.25) is 9.59 Å². The van der Waals surface area contributed by atoms with Gasteiger partial charge in [-0.1, -0.05) is 5.16 Å². The summed E-state index contributed by atoms with van der Waals surface area (Å²) in [4.78, 5) is 29.7. The predicted octanol–water partition coefficient (Wildman–Crippen LogP) is 0.736. The molecule has 0 spiro atoms. The summed E-state index contributed by atoms with van der Waals surface area (Å²) in [7, 11) is 2.49. The van der Waals surface area contributed by atoms with Crippen molar-refractivity contribution < 1.29 is 37.4 Å². The molecule has 2 aliphatic rings. The van der Waals surface area contributed by atoms with Gasteiger partial charge in [0.2, 0.25) is 0 Å². The minimum Gasteiger partial charge on any atom is -0.469 e. The van der Waals surface area contributed by atoms with Gasteiger partial charge >= 0.3 is 11.8 Å². The zero-order valence-corrected chi connectivity index (χ0v) is 14.7. The van der Waals surface area contributed by atoms with E-state index in [1.54, 1.807) is 0 Å². The number of oxime groups is 1. The predicted molar refractivity (Wildman–Crippen MR) is 86.6 cm³/mol. The van der Waals surface area contributed by atoms with E-state index < -0.39 is 41.3 Å². The van der Waals surface area contributed by atoms with Gasteiger partial charge in [0.1, 0.15) is 17.6 Å². The molecule has 0 bridgehead atoms. The number of amides is 1. The topological polar surface area (TPSA) is 95.5 Å². The molecule has 1 saturated heterocycles. The molecule has 3 unspecified atom stereocenters. The summed E-state index contributed by atoms with van der Waals surface area (Å²) in [6.45, 7) is 0.233. The molecule has 0 saturated carbocycles. The van der Waals surface area contributed by atoms with Gasteiger partial charge in [0.25, 0.3) is 5.91 Å². The van der Waals surface area contributed by atoms with Crippen LogP contribution in [-0.4, -0.2) is 56.9 Å². The molecule has 146 valence electrons. The fraction of sp³-hybridized carbons (Fsp3) is 0.471. The van der Waals surface area contributed by atoms with E-state index in [2.05, 4.69) is 10.5 Å². The normalized spacial score (nSPS) is 27.0. The zero-order valence-electron chi connectivity index (χ0n) is 14.7. The average molecular weight is 384 g/mol. The van der Waals surface area contributed by atoms with Crippen molar-refractivity contribution >= 4 is 17.6 Å². The summed E-state index contributed by atoms with van der Waals surface area (Å²) in [5.74, 6) is -5.24. The Balaban J connectivity index is 1.73. The maximum Gasteiger partial charge on any atom is 0.321 e. The van der Waals surface area contributed by atoms with E-state index in [9.17, 15) is 18.4 Å². The van der Waals surface area contributed by atoms with Crippen LogP contribution in [0.2, 0.25) is 0 Å². The Morgan fingerprint density at radius 2 is 1.93 bits per heavy atom. The number of methoxy groups -OCH3 is 2. The van der Waals surface area contributed by atoms with Crippen molar-refractivity contribution in [2.24, 2.45) is 11.1 Å². The molecule has 3 atom stereocenters. The minimum absolute atomic E-state index is 0.114. The summed E-state index contributed by atoms with van der Waals surface area (Å²) in [5, 5.41) is 6.39. The van der Waals surface area contributed by atoms with Crippen molar-refractivity contribution in [2.45, 2.75) is 18.2 Å². The monoisotopic (exact) mass is 384 g/mol. The van der Waals surface area contributed by atoms with Gasteiger partial charge in [-0.25, -0.2) is 8.78 Å². The lowest BCUT2D eigenvalue weighted by atomic mass is 10.00. The molecule has 2 heterocycles. The highest BCUT2D eigenvalue weighted by Gasteiger charge is 2.49. The largest absolute Gasteiger partial charge is 0.469 e. The second-order valence-corrected chi connectivity index (χ2v) is 6.17. The number of nitrogens with one attached hydrogen (secondary N) is 1. The van der Waals surface area contributed by atoms with Crippen molar-refractivity contribution in [3.8, 4) is 0 Å². The lowest BCUT2D eigenvalue weighted by Crippen LogP contribution is -2.54. The number of hydrogen-bond donors (Lipinski definition) is 1. The van der Waals surface area contributed by atoms with E-state index in [4.69, 9.17) is 19.0 Å². The molecule has 8 nitrogen and oxygen atoms in total. The molecule has 1 fully saturated rings. The van der Waals surface area contributed by atoms with E-state index in [0.29, 0.717) is 0 Å². The molecule has 2 aliphatic heterocycles. The van der Waals surface area contributed by atoms with Crippen LogP contribution in [0.5, 0.6) is 0 Å². The molecule has 10 heteroatoms. The Bertz CT molecular complexity index is 766. The number of rotatable bonds is 5. The average Bonchev–Trinajstić information content (AvgIpc) is 3.28. The molecule has 0 aromatic heterocycles. The van der Waals surface area contributed by atoms with Gasteiger partial charge in [-0.2, -0.15) is 0 Å². The molecule has 0 radical (unpaired) electrons. The molecule has 1 amide bonds. The van der Waals surface area contributed by atoms with Crippen molar-refractivity contribution in [1.29, 1.82) is 0 Å². The van der Waals surface area contributed by atoms with E-state index in [1.807, 2.05) is 0 Å². The van der Waals surface area contributed by atoms with Crippen LogP contribution in [0.3, 0.4) is 0 Å². The van der Waals surface area contributed by atoms with Crippen LogP contribution >= 0.6 is 0 Å². The summed E-state index contributed by atoms with van der Waals surface area (Å²) in [6.07, 6.45) is -0.172. The van der Waals surface area contributed by atoms with Gasteiger partial charge in [-0.05, 0) is 12.1 Å². The summed E-state index contributed by atoms with van der Waals surface area (Å²) in [5.41, 5.74) is 0.286. The standard InChI is InChI=1S/C17H18F2N2O6/c1-24-15(22)12-7-26-8-14(12)20-16(23)17(25-2)6-13(21-27-17)9-3-10(18)5-11(19)4-9/h3-5,12,14H,6-8H2,1-2H3,(H,20,23). The number of ether oxygens (including phenoxy) is 3. The summed E-state index contributed by atoms with van der Waals surface area (Å²) >= 11 is 0. The van der Waals surface area contributed by atoms with E-state index in [1.165, 1.54) is 14.2 Å². The van der Waals surface area contributed by atoms with Gasteiger partial charge in [0.05, 0.1) is 38.5 Å². The third kappa shape index (κ3) is 3.76. The van der Waals surface area contributed by atoms with Crippen LogP contribution in [0, 0.1) is 17.6 Å². The molecular formula is C17H18F2N2O6. The molecule has 1 aromatic rings. The molecule has 1 N–H and O–H groups in total. The molecular weight excluding hydrogens is 366 g/mol. The number of halogens is 2. The van der Waals surface area contributed by atoms with Gasteiger partial charge in [0.15, 0.2) is 0 Å². The second kappa shape index (κ2) is 7.57. The molecule has 27 heavy (non-hydrogen) atoms. The Labute approximate surface area is 153 Å². The zero-order chi connectivity index (χ0) is 19.6. The van der Waals surface area contributed by atoms with Crippen molar-refractivity contribution in [2.75, 3.05) is 27.4 Å². The van der Waals surface area contributed by atoms with E-state index >= 15 is 0 Å². The van der Waals surface area contributed by atoms with Crippen LogP contribution in [0.25, 0.3) is 0 Å². The molecule has 1 aromatic carbocycles. The van der Waals surface area contributed by atoms with Crippen LogP contribution in [0.1, 0.15) is 12.0 Å². The lowest BCUT2D eigenvalue weighted by Gasteiger charge is -2.26. The molecule has 0 aliphatic carbocycles. The van der Waals surface area contributed by atoms with Crippen molar-refractivity contribution in [1.82, 2.24) is 5.32 Å². The number of carbonyl (C=O) groups is 2. The van der Waals surface area contributed by atoms with Crippen LogP contribution in [-0.2, 0) is 28.6 Å². The van der Waals surface area contributed by atoms with Crippen molar-refractivity contribution in [3.05, 3.63) is 35.4 Å². The third-order valence-electron chi connectivity index (χ3n) is 4.48. The minimum atomic E-state index is -1.82. The quantitative estimate of drug-likeness (QED) is 0.753. The third-order valence-corrected chi connectivity index (χ3v) is 4.48. The summed E-state index contributed by atoms with van der Waals surface area (Å²) in [6, 6.07) is 2.25. The number of esters is 1. The Morgan fingerprint density at radius 1 is 1.22 bits per heavy atom. The first-order valence-electron chi connectivity index (χ1n) is 8.11. The van der Waals surface area contributed by atoms with E-state index in [0.717, 1.165) is 18.2 Å².